The zero-order valence-corrected chi connectivity index (χ0v) is 8.93. The summed E-state index contributed by atoms with van der Waals surface area (Å²) in [7, 11) is 1.26. The van der Waals surface area contributed by atoms with Gasteiger partial charge in [0.15, 0.2) is 11.6 Å². The van der Waals surface area contributed by atoms with E-state index in [1.54, 1.807) is 0 Å². The normalized spacial score (nSPS) is 9.25. The fraction of sp³-hybridized carbons (Fsp3) is 0.250. The maximum absolute atomic E-state index is 13.1. The van der Waals surface area contributed by atoms with Gasteiger partial charge in [0.2, 0.25) is 0 Å². The van der Waals surface area contributed by atoms with Crippen LogP contribution in [0.4, 0.5) is 8.78 Å². The van der Waals surface area contributed by atoms with Crippen LogP contribution in [-0.2, 0) is 9.53 Å². The molecule has 0 aromatic heterocycles. The van der Waals surface area contributed by atoms with Crippen molar-refractivity contribution in [1.82, 2.24) is 0 Å². The molecular weight excluding hydrogens is 214 g/mol. The summed E-state index contributed by atoms with van der Waals surface area (Å²) >= 11 is 0. The van der Waals surface area contributed by atoms with Crippen molar-refractivity contribution >= 4 is 5.97 Å². The summed E-state index contributed by atoms with van der Waals surface area (Å²) in [5, 5.41) is 0. The van der Waals surface area contributed by atoms with Gasteiger partial charge in [-0.1, -0.05) is 11.8 Å². The molecule has 1 aromatic rings. The molecule has 1 rings (SSSR count). The van der Waals surface area contributed by atoms with Gasteiger partial charge in [0.05, 0.1) is 7.11 Å². The number of ether oxygens (including phenoxy) is 1. The quantitative estimate of drug-likeness (QED) is 0.540. The lowest BCUT2D eigenvalue weighted by Gasteiger charge is -2.00. The first-order valence-electron chi connectivity index (χ1n) is 4.56. The Hall–Kier alpha value is -1.89. The number of hydrogen-bond donors (Lipinski definition) is 0. The van der Waals surface area contributed by atoms with E-state index in [2.05, 4.69) is 16.6 Å². The molecule has 4 heteroatoms. The third kappa shape index (κ3) is 2.80. The second kappa shape index (κ2) is 5.26. The molecule has 0 unspecified atom stereocenters. The van der Waals surface area contributed by atoms with Gasteiger partial charge < -0.3 is 4.74 Å². The molecule has 2 nitrogen and oxygen atoms in total. The van der Waals surface area contributed by atoms with Gasteiger partial charge in [0.25, 0.3) is 0 Å². The third-order valence-corrected chi connectivity index (χ3v) is 2.02. The lowest BCUT2D eigenvalue weighted by Crippen LogP contribution is -1.97. The first kappa shape index (κ1) is 12.2. The number of carbonyl (C=O) groups is 1. The minimum atomic E-state index is -0.912. The van der Waals surface area contributed by atoms with Crippen LogP contribution < -0.4 is 0 Å². The predicted octanol–water partition coefficient (Wildman–Crippen LogP) is 2.19. The fourth-order valence-corrected chi connectivity index (χ4v) is 1.07. The molecule has 0 aliphatic carbocycles. The van der Waals surface area contributed by atoms with Crippen molar-refractivity contribution in [2.45, 2.75) is 13.3 Å². The van der Waals surface area contributed by atoms with Crippen molar-refractivity contribution in [2.75, 3.05) is 7.11 Å². The predicted molar refractivity (Wildman–Crippen MR) is 54.6 cm³/mol. The highest BCUT2D eigenvalue weighted by molar-refractivity contribution is 5.72. The van der Waals surface area contributed by atoms with Gasteiger partial charge in [0, 0.05) is 11.1 Å². The van der Waals surface area contributed by atoms with Gasteiger partial charge in [-0.3, -0.25) is 4.79 Å². The smallest absolute Gasteiger partial charge is 0.317 e. The van der Waals surface area contributed by atoms with Crippen LogP contribution in [-0.4, -0.2) is 13.1 Å². The molecule has 0 fully saturated rings. The zero-order valence-electron chi connectivity index (χ0n) is 8.93. The van der Waals surface area contributed by atoms with E-state index in [1.807, 2.05) is 0 Å². The molecule has 0 N–H and O–H groups in total. The number of esters is 1. The number of methoxy groups -OCH3 is 1. The first-order chi connectivity index (χ1) is 7.56. The maximum Gasteiger partial charge on any atom is 0.317 e. The van der Waals surface area contributed by atoms with Gasteiger partial charge in [-0.05, 0) is 19.1 Å². The standard InChI is InChI=1S/C12H10F2O2/c1-8-9(4-3-5-11(15)16-2)6-7-10(13)12(8)14/h6-7H,5H2,1-2H3. The average molecular weight is 224 g/mol. The van der Waals surface area contributed by atoms with Crippen LogP contribution in [0.5, 0.6) is 0 Å². The van der Waals surface area contributed by atoms with Gasteiger partial charge in [-0.25, -0.2) is 8.78 Å². The second-order valence-corrected chi connectivity index (χ2v) is 3.09. The molecule has 0 spiro atoms. The molecule has 16 heavy (non-hydrogen) atoms. The van der Waals surface area contributed by atoms with Crippen LogP contribution in [0, 0.1) is 30.4 Å². The van der Waals surface area contributed by atoms with E-state index in [4.69, 9.17) is 0 Å². The van der Waals surface area contributed by atoms with Gasteiger partial charge in [-0.2, -0.15) is 0 Å². The molecule has 0 saturated carbocycles. The van der Waals surface area contributed by atoms with E-state index in [0.717, 1.165) is 6.07 Å². The van der Waals surface area contributed by atoms with E-state index >= 15 is 0 Å². The fourth-order valence-electron chi connectivity index (χ4n) is 1.07. The molecule has 0 amide bonds. The Kier molecular flexibility index (Phi) is 4.01. The molecule has 0 aliphatic rings. The number of carbonyl (C=O) groups excluding carboxylic acids is 1. The Balaban J connectivity index is 2.90. The largest absolute Gasteiger partial charge is 0.468 e. The van der Waals surface area contributed by atoms with Crippen molar-refractivity contribution in [3.63, 3.8) is 0 Å². The monoisotopic (exact) mass is 224 g/mol. The van der Waals surface area contributed by atoms with Crippen molar-refractivity contribution < 1.29 is 18.3 Å². The topological polar surface area (TPSA) is 26.3 Å². The van der Waals surface area contributed by atoms with Crippen LogP contribution >= 0.6 is 0 Å². The van der Waals surface area contributed by atoms with Crippen LogP contribution in [0.25, 0.3) is 0 Å². The zero-order chi connectivity index (χ0) is 12.1. The van der Waals surface area contributed by atoms with Crippen molar-refractivity contribution in [1.29, 1.82) is 0 Å². The summed E-state index contributed by atoms with van der Waals surface area (Å²) in [6, 6.07) is 2.38. The molecule has 0 saturated heterocycles. The van der Waals surface area contributed by atoms with Crippen LogP contribution in [0.2, 0.25) is 0 Å². The molecular formula is C12H10F2O2. The molecule has 84 valence electrons. The van der Waals surface area contributed by atoms with Crippen LogP contribution in [0.1, 0.15) is 17.5 Å². The van der Waals surface area contributed by atoms with E-state index in [0.29, 0.717) is 5.56 Å². The molecule has 0 heterocycles. The van der Waals surface area contributed by atoms with E-state index in [1.165, 1.54) is 20.1 Å². The summed E-state index contributed by atoms with van der Waals surface area (Å²) in [5.74, 6) is 2.83. The minimum Gasteiger partial charge on any atom is -0.468 e. The van der Waals surface area contributed by atoms with E-state index < -0.39 is 17.6 Å². The number of rotatable bonds is 1. The Morgan fingerprint density at radius 2 is 2.12 bits per heavy atom. The van der Waals surface area contributed by atoms with Gasteiger partial charge in [0.1, 0.15) is 6.42 Å². The highest BCUT2D eigenvalue weighted by Gasteiger charge is 2.07. The Bertz CT molecular complexity index is 470. The Morgan fingerprint density at radius 1 is 1.44 bits per heavy atom. The minimum absolute atomic E-state index is 0.0745. The molecule has 1 aromatic carbocycles. The van der Waals surface area contributed by atoms with Gasteiger partial charge >= 0.3 is 5.97 Å². The van der Waals surface area contributed by atoms with Crippen molar-refractivity contribution in [3.05, 3.63) is 34.9 Å². The van der Waals surface area contributed by atoms with E-state index in [-0.39, 0.29) is 12.0 Å². The summed E-state index contributed by atoms with van der Waals surface area (Å²) < 4.78 is 30.3. The molecule has 0 bridgehead atoms. The Morgan fingerprint density at radius 3 is 2.75 bits per heavy atom. The lowest BCUT2D eigenvalue weighted by atomic mass is 10.1. The summed E-state index contributed by atoms with van der Waals surface area (Å²) in [6.07, 6.45) is -0.0745. The molecule has 0 atom stereocenters. The maximum atomic E-state index is 13.1. The number of benzene rings is 1. The third-order valence-electron chi connectivity index (χ3n) is 2.02. The van der Waals surface area contributed by atoms with Crippen molar-refractivity contribution in [3.8, 4) is 11.8 Å². The average Bonchev–Trinajstić information content (AvgIpc) is 2.29. The Labute approximate surface area is 92.2 Å². The molecule has 0 radical (unpaired) electrons. The summed E-state index contributed by atoms with van der Waals surface area (Å²) in [4.78, 5) is 10.7. The number of hydrogen-bond acceptors (Lipinski definition) is 2. The van der Waals surface area contributed by atoms with Crippen LogP contribution in [0.3, 0.4) is 0 Å². The van der Waals surface area contributed by atoms with E-state index in [9.17, 15) is 13.6 Å². The lowest BCUT2D eigenvalue weighted by molar-refractivity contribution is -0.139. The highest BCUT2D eigenvalue weighted by Crippen LogP contribution is 2.14. The molecule has 0 aliphatic heterocycles. The second-order valence-electron chi connectivity index (χ2n) is 3.09. The number of halogens is 2. The van der Waals surface area contributed by atoms with Crippen molar-refractivity contribution in [2.24, 2.45) is 0 Å². The van der Waals surface area contributed by atoms with Crippen LogP contribution in [0.15, 0.2) is 12.1 Å². The summed E-state index contributed by atoms with van der Waals surface area (Å²) in [5.41, 5.74) is 0.500. The highest BCUT2D eigenvalue weighted by atomic mass is 19.2. The summed E-state index contributed by atoms with van der Waals surface area (Å²) in [6.45, 7) is 1.43. The SMILES string of the molecule is COC(=O)CC#Cc1ccc(F)c(F)c1C. The van der Waals surface area contributed by atoms with Gasteiger partial charge in [-0.15, -0.1) is 0 Å². The first-order valence-corrected chi connectivity index (χ1v) is 4.56.